The van der Waals surface area contributed by atoms with Crippen LogP contribution in [0, 0.1) is 5.92 Å². The maximum atomic E-state index is 13.0. The highest BCUT2D eigenvalue weighted by Gasteiger charge is 2.55. The van der Waals surface area contributed by atoms with Crippen LogP contribution in [0.15, 0.2) is 30.3 Å². The molecule has 0 aliphatic heterocycles. The Hall–Kier alpha value is -2.31. The summed E-state index contributed by atoms with van der Waals surface area (Å²) >= 11 is 0. The van der Waals surface area contributed by atoms with E-state index in [0.29, 0.717) is 6.42 Å². The zero-order chi connectivity index (χ0) is 15.9. The van der Waals surface area contributed by atoms with Gasteiger partial charge < -0.3 is 5.32 Å². The Morgan fingerprint density at radius 2 is 2.09 bits per heavy atom. The molecule has 3 rings (SSSR count). The number of aromatic nitrogens is 3. The lowest BCUT2D eigenvalue weighted by molar-refractivity contribution is -0.117. The summed E-state index contributed by atoms with van der Waals surface area (Å²) in [6.45, 7) is 2.00. The first-order valence-electron chi connectivity index (χ1n) is 6.97. The van der Waals surface area contributed by atoms with E-state index in [9.17, 15) is 13.6 Å². The highest BCUT2D eigenvalue weighted by molar-refractivity contribution is 5.95. The van der Waals surface area contributed by atoms with E-state index in [2.05, 4.69) is 15.6 Å². The Kier molecular flexibility index (Phi) is 3.42. The number of hydrogen-bond acceptors (Lipinski definition) is 3. The predicted molar refractivity (Wildman–Crippen MR) is 76.5 cm³/mol. The Bertz CT molecular complexity index is 701. The molecule has 1 fully saturated rings. The van der Waals surface area contributed by atoms with E-state index >= 15 is 0 Å². The largest absolute Gasteiger partial charge is 0.307 e. The number of nitrogens with zero attached hydrogens (tertiary/aromatic N) is 3. The van der Waals surface area contributed by atoms with Crippen molar-refractivity contribution in [2.24, 2.45) is 13.0 Å². The van der Waals surface area contributed by atoms with Crippen molar-refractivity contribution in [1.29, 1.82) is 0 Å². The number of hydrogen-bond donors (Lipinski definition) is 1. The zero-order valence-electron chi connectivity index (χ0n) is 12.3. The minimum atomic E-state index is -2.74. The number of amides is 1. The third-order valence-electron chi connectivity index (χ3n) is 4.31. The van der Waals surface area contributed by atoms with E-state index in [4.69, 9.17) is 0 Å². The van der Waals surface area contributed by atoms with Crippen LogP contribution in [0.2, 0.25) is 0 Å². The van der Waals surface area contributed by atoms with Gasteiger partial charge in [0.05, 0.1) is 0 Å². The van der Waals surface area contributed by atoms with E-state index in [0.717, 1.165) is 10.2 Å². The summed E-state index contributed by atoms with van der Waals surface area (Å²) in [6, 6.07) is 9.70. The highest BCUT2D eigenvalue weighted by Crippen LogP contribution is 2.54. The van der Waals surface area contributed by atoms with Crippen LogP contribution >= 0.6 is 0 Å². The molecule has 2 aromatic rings. The molecule has 0 bridgehead atoms. The molecule has 1 N–H and O–H groups in total. The zero-order valence-corrected chi connectivity index (χ0v) is 12.3. The number of halogens is 2. The maximum absolute atomic E-state index is 13.0. The topological polar surface area (TPSA) is 59.8 Å². The van der Waals surface area contributed by atoms with Crippen molar-refractivity contribution >= 4 is 11.7 Å². The fourth-order valence-corrected chi connectivity index (χ4v) is 2.79. The number of aryl methyl sites for hydroxylation is 1. The summed E-state index contributed by atoms with van der Waals surface area (Å²) < 4.78 is 26.9. The second-order valence-electron chi connectivity index (χ2n) is 5.78. The summed E-state index contributed by atoms with van der Waals surface area (Å²) in [7, 11) is 1.37. The van der Waals surface area contributed by atoms with Crippen LogP contribution < -0.4 is 5.32 Å². The standard InChI is InChI=1S/C15H16F2N4O/c1-15(9-6-4-3-5-7-9)8-10(15)14(22)18-13-11(12(16)17)21(2)20-19-13/h3-7,10,12H,8H2,1-2H3,(H,18,22)/t10-,15+/m0/s1. The lowest BCUT2D eigenvalue weighted by Gasteiger charge is -2.11. The molecular weight excluding hydrogens is 290 g/mol. The third-order valence-corrected chi connectivity index (χ3v) is 4.31. The fourth-order valence-electron chi connectivity index (χ4n) is 2.79. The van der Waals surface area contributed by atoms with Crippen molar-refractivity contribution in [2.45, 2.75) is 25.2 Å². The monoisotopic (exact) mass is 306 g/mol. The number of carbonyl (C=O) groups is 1. The van der Waals surface area contributed by atoms with Gasteiger partial charge in [0.25, 0.3) is 6.43 Å². The molecule has 1 aromatic carbocycles. The molecule has 1 amide bonds. The average molecular weight is 306 g/mol. The molecule has 1 aliphatic rings. The van der Waals surface area contributed by atoms with Gasteiger partial charge in [-0.05, 0) is 12.0 Å². The van der Waals surface area contributed by atoms with Gasteiger partial charge in [0.15, 0.2) is 5.82 Å². The second-order valence-corrected chi connectivity index (χ2v) is 5.78. The van der Waals surface area contributed by atoms with Crippen molar-refractivity contribution in [2.75, 3.05) is 5.32 Å². The van der Waals surface area contributed by atoms with E-state index in [1.54, 1.807) is 0 Å². The van der Waals surface area contributed by atoms with Gasteiger partial charge in [-0.15, -0.1) is 5.10 Å². The average Bonchev–Trinajstić information content (AvgIpc) is 3.06. The summed E-state index contributed by atoms with van der Waals surface area (Å²) in [5.41, 5.74) is 0.442. The van der Waals surface area contributed by atoms with Gasteiger partial charge in [-0.2, -0.15) is 0 Å². The SMILES string of the molecule is Cn1nnc(NC(=O)[C@@H]2C[C@]2(C)c2ccccc2)c1C(F)F. The van der Waals surface area contributed by atoms with Gasteiger partial charge in [0.2, 0.25) is 5.91 Å². The maximum Gasteiger partial charge on any atom is 0.283 e. The smallest absolute Gasteiger partial charge is 0.283 e. The molecule has 0 spiro atoms. The van der Waals surface area contributed by atoms with Crippen LogP contribution in [0.25, 0.3) is 0 Å². The number of carbonyl (C=O) groups excluding carboxylic acids is 1. The van der Waals surface area contributed by atoms with E-state index in [1.165, 1.54) is 7.05 Å². The first-order chi connectivity index (χ1) is 10.4. The molecule has 22 heavy (non-hydrogen) atoms. The van der Waals surface area contributed by atoms with Gasteiger partial charge in [-0.25, -0.2) is 13.5 Å². The number of benzene rings is 1. The Balaban J connectivity index is 1.75. The van der Waals surface area contributed by atoms with Crippen molar-refractivity contribution in [3.05, 3.63) is 41.6 Å². The molecule has 0 radical (unpaired) electrons. The van der Waals surface area contributed by atoms with Crippen LogP contribution in [-0.2, 0) is 17.3 Å². The summed E-state index contributed by atoms with van der Waals surface area (Å²) in [5, 5.41) is 9.63. The van der Waals surface area contributed by atoms with Gasteiger partial charge >= 0.3 is 0 Å². The van der Waals surface area contributed by atoms with Gasteiger partial charge in [0, 0.05) is 18.4 Å². The van der Waals surface area contributed by atoms with Crippen LogP contribution in [0.1, 0.15) is 31.0 Å². The van der Waals surface area contributed by atoms with Crippen LogP contribution in [-0.4, -0.2) is 20.9 Å². The van der Waals surface area contributed by atoms with Crippen LogP contribution in [0.4, 0.5) is 14.6 Å². The fraction of sp³-hybridized carbons (Fsp3) is 0.400. The normalized spacial score (nSPS) is 23.6. The quantitative estimate of drug-likeness (QED) is 0.944. The van der Waals surface area contributed by atoms with Crippen molar-refractivity contribution in [3.63, 3.8) is 0 Å². The lowest BCUT2D eigenvalue weighted by Crippen LogP contribution is -2.20. The summed E-state index contributed by atoms with van der Waals surface area (Å²) in [5.74, 6) is -0.707. The first kappa shape index (κ1) is 14.6. The minimum Gasteiger partial charge on any atom is -0.307 e. The molecule has 0 unspecified atom stereocenters. The molecule has 2 atom stereocenters. The predicted octanol–water partition coefficient (Wildman–Crippen LogP) is 2.67. The first-order valence-corrected chi connectivity index (χ1v) is 6.97. The van der Waals surface area contributed by atoms with Gasteiger partial charge in [0.1, 0.15) is 5.69 Å². The molecule has 5 nitrogen and oxygen atoms in total. The Labute approximate surface area is 126 Å². The van der Waals surface area contributed by atoms with Gasteiger partial charge in [-0.1, -0.05) is 42.5 Å². The van der Waals surface area contributed by atoms with E-state index < -0.39 is 6.43 Å². The Morgan fingerprint density at radius 3 is 2.73 bits per heavy atom. The summed E-state index contributed by atoms with van der Waals surface area (Å²) in [4.78, 5) is 12.3. The Morgan fingerprint density at radius 1 is 1.41 bits per heavy atom. The molecule has 1 heterocycles. The van der Waals surface area contributed by atoms with E-state index in [-0.39, 0.29) is 28.8 Å². The van der Waals surface area contributed by atoms with Gasteiger partial charge in [-0.3, -0.25) is 4.79 Å². The lowest BCUT2D eigenvalue weighted by atomic mass is 9.95. The highest BCUT2D eigenvalue weighted by atomic mass is 19.3. The molecule has 116 valence electrons. The number of alkyl halides is 2. The number of rotatable bonds is 4. The summed E-state index contributed by atoms with van der Waals surface area (Å²) in [6.07, 6.45) is -2.05. The third kappa shape index (κ3) is 2.36. The van der Waals surface area contributed by atoms with E-state index in [1.807, 2.05) is 37.3 Å². The molecule has 1 aliphatic carbocycles. The van der Waals surface area contributed by atoms with Crippen LogP contribution in [0.5, 0.6) is 0 Å². The van der Waals surface area contributed by atoms with Crippen LogP contribution in [0.3, 0.4) is 0 Å². The molecular formula is C15H16F2N4O. The number of anilines is 1. The molecule has 1 aromatic heterocycles. The van der Waals surface area contributed by atoms with Crippen molar-refractivity contribution < 1.29 is 13.6 Å². The molecule has 7 heteroatoms. The second kappa shape index (κ2) is 5.15. The molecule has 1 saturated carbocycles. The van der Waals surface area contributed by atoms with Crippen molar-refractivity contribution in [3.8, 4) is 0 Å². The molecule has 0 saturated heterocycles. The number of nitrogens with one attached hydrogen (secondary N) is 1. The van der Waals surface area contributed by atoms with Crippen molar-refractivity contribution in [1.82, 2.24) is 15.0 Å². The minimum absolute atomic E-state index is 0.162.